The van der Waals surface area contributed by atoms with Gasteiger partial charge in [0, 0.05) is 12.6 Å². The maximum Gasteiger partial charge on any atom is 0.257 e. The van der Waals surface area contributed by atoms with E-state index in [1.54, 1.807) is 14.0 Å². The standard InChI is InChI=1S/C8H16N4O2S/c1-6(9-3)4-11-15(13,14)8-5-10-7(2)12-8/h5-6,9,11H,4H2,1-3H3,(H,10,12). The second-order valence-electron chi connectivity index (χ2n) is 3.37. The Morgan fingerprint density at radius 2 is 2.27 bits per heavy atom. The van der Waals surface area contributed by atoms with Crippen molar-refractivity contribution < 1.29 is 8.42 Å². The predicted octanol–water partition coefficient (Wildman–Crippen LogP) is -0.396. The predicted molar refractivity (Wildman–Crippen MR) is 57.0 cm³/mol. The molecule has 1 unspecified atom stereocenters. The lowest BCUT2D eigenvalue weighted by atomic mass is 10.4. The van der Waals surface area contributed by atoms with Crippen LogP contribution in [-0.2, 0) is 10.0 Å². The molecule has 0 aliphatic heterocycles. The molecule has 0 amide bonds. The first-order valence-electron chi connectivity index (χ1n) is 4.64. The Bertz CT molecular complexity index is 412. The molecule has 0 aromatic carbocycles. The Kier molecular flexibility index (Phi) is 3.83. The molecular weight excluding hydrogens is 216 g/mol. The van der Waals surface area contributed by atoms with E-state index in [9.17, 15) is 8.42 Å². The van der Waals surface area contributed by atoms with Crippen molar-refractivity contribution in [3.8, 4) is 0 Å². The average Bonchev–Trinajstić information content (AvgIpc) is 2.62. The summed E-state index contributed by atoms with van der Waals surface area (Å²) in [5.74, 6) is 0.581. The van der Waals surface area contributed by atoms with Crippen molar-refractivity contribution in [1.82, 2.24) is 20.0 Å². The first-order chi connectivity index (χ1) is 6.95. The van der Waals surface area contributed by atoms with Gasteiger partial charge in [-0.15, -0.1) is 0 Å². The molecule has 0 saturated carbocycles. The lowest BCUT2D eigenvalue weighted by Gasteiger charge is -2.10. The molecule has 7 heteroatoms. The molecule has 1 aromatic heterocycles. The van der Waals surface area contributed by atoms with E-state index in [0.717, 1.165) is 0 Å². The number of hydrogen-bond acceptors (Lipinski definition) is 4. The first kappa shape index (κ1) is 12.2. The summed E-state index contributed by atoms with van der Waals surface area (Å²) < 4.78 is 25.8. The van der Waals surface area contributed by atoms with E-state index in [1.807, 2.05) is 6.92 Å². The fourth-order valence-corrected chi connectivity index (χ4v) is 2.05. The number of aryl methyl sites for hydroxylation is 1. The van der Waals surface area contributed by atoms with Crippen LogP contribution in [0.25, 0.3) is 0 Å². The fourth-order valence-electron chi connectivity index (χ4n) is 0.949. The number of hydrogen-bond donors (Lipinski definition) is 3. The quantitative estimate of drug-likeness (QED) is 0.645. The van der Waals surface area contributed by atoms with Gasteiger partial charge in [0.2, 0.25) is 0 Å². The zero-order valence-corrected chi connectivity index (χ0v) is 9.85. The van der Waals surface area contributed by atoms with Crippen LogP contribution in [0, 0.1) is 6.92 Å². The fraction of sp³-hybridized carbons (Fsp3) is 0.625. The maximum absolute atomic E-state index is 11.7. The number of aromatic amines is 1. The molecule has 1 rings (SSSR count). The average molecular weight is 232 g/mol. The van der Waals surface area contributed by atoms with Crippen molar-refractivity contribution in [2.75, 3.05) is 13.6 Å². The smallest absolute Gasteiger partial charge is 0.257 e. The molecule has 15 heavy (non-hydrogen) atoms. The van der Waals surface area contributed by atoms with Crippen LogP contribution in [0.15, 0.2) is 11.2 Å². The van der Waals surface area contributed by atoms with Gasteiger partial charge in [0.15, 0.2) is 5.03 Å². The molecule has 0 spiro atoms. The minimum absolute atomic E-state index is 0.0868. The second kappa shape index (κ2) is 4.73. The summed E-state index contributed by atoms with van der Waals surface area (Å²) in [5, 5.41) is 3.04. The molecule has 0 aliphatic carbocycles. The lowest BCUT2D eigenvalue weighted by molar-refractivity contribution is 0.552. The summed E-state index contributed by atoms with van der Waals surface area (Å²) >= 11 is 0. The normalized spacial score (nSPS) is 14.1. The van der Waals surface area contributed by atoms with Crippen molar-refractivity contribution >= 4 is 10.0 Å². The molecule has 0 radical (unpaired) electrons. The van der Waals surface area contributed by atoms with Crippen LogP contribution in [0.5, 0.6) is 0 Å². The van der Waals surface area contributed by atoms with Gasteiger partial charge in [0.05, 0.1) is 6.20 Å². The van der Waals surface area contributed by atoms with Crippen LogP contribution >= 0.6 is 0 Å². The van der Waals surface area contributed by atoms with Crippen molar-refractivity contribution in [3.05, 3.63) is 12.0 Å². The Labute approximate surface area is 89.5 Å². The van der Waals surface area contributed by atoms with Gasteiger partial charge in [-0.2, -0.15) is 0 Å². The van der Waals surface area contributed by atoms with Crippen LogP contribution < -0.4 is 10.0 Å². The Morgan fingerprint density at radius 3 is 2.73 bits per heavy atom. The highest BCUT2D eigenvalue weighted by atomic mass is 32.2. The Morgan fingerprint density at radius 1 is 1.60 bits per heavy atom. The van der Waals surface area contributed by atoms with Crippen LogP contribution in [-0.4, -0.2) is 38.0 Å². The molecule has 1 atom stereocenters. The van der Waals surface area contributed by atoms with Crippen molar-refractivity contribution in [3.63, 3.8) is 0 Å². The molecular formula is C8H16N4O2S. The van der Waals surface area contributed by atoms with Gasteiger partial charge >= 0.3 is 0 Å². The van der Waals surface area contributed by atoms with Gasteiger partial charge < -0.3 is 10.3 Å². The minimum atomic E-state index is -3.45. The summed E-state index contributed by atoms with van der Waals surface area (Å²) in [7, 11) is -1.68. The van der Waals surface area contributed by atoms with Gasteiger partial charge in [0.1, 0.15) is 5.82 Å². The first-order valence-corrected chi connectivity index (χ1v) is 6.12. The number of rotatable bonds is 5. The number of likely N-dealkylation sites (N-methyl/N-ethyl adjacent to an activating group) is 1. The zero-order chi connectivity index (χ0) is 11.5. The van der Waals surface area contributed by atoms with E-state index < -0.39 is 10.0 Å². The number of imidazole rings is 1. The van der Waals surface area contributed by atoms with Crippen LogP contribution in [0.4, 0.5) is 0 Å². The molecule has 6 nitrogen and oxygen atoms in total. The topological polar surface area (TPSA) is 86.9 Å². The third-order valence-electron chi connectivity index (χ3n) is 2.04. The molecule has 1 aromatic rings. The molecule has 86 valence electrons. The van der Waals surface area contributed by atoms with Crippen molar-refractivity contribution in [2.24, 2.45) is 0 Å². The largest absolute Gasteiger partial charge is 0.332 e. The SMILES string of the molecule is CNC(C)CNS(=O)(=O)c1cnc(C)[nH]1. The van der Waals surface area contributed by atoms with E-state index in [-0.39, 0.29) is 11.1 Å². The van der Waals surface area contributed by atoms with Crippen LogP contribution in [0.1, 0.15) is 12.7 Å². The number of nitrogens with one attached hydrogen (secondary N) is 3. The van der Waals surface area contributed by atoms with E-state index in [4.69, 9.17) is 0 Å². The second-order valence-corrected chi connectivity index (χ2v) is 5.11. The summed E-state index contributed by atoms with van der Waals surface area (Å²) in [6.07, 6.45) is 1.31. The van der Waals surface area contributed by atoms with Gasteiger partial charge in [-0.25, -0.2) is 18.1 Å². The van der Waals surface area contributed by atoms with Crippen molar-refractivity contribution in [1.29, 1.82) is 0 Å². The maximum atomic E-state index is 11.7. The number of H-pyrrole nitrogens is 1. The van der Waals surface area contributed by atoms with E-state index in [2.05, 4.69) is 20.0 Å². The molecule has 3 N–H and O–H groups in total. The molecule has 0 fully saturated rings. The number of sulfonamides is 1. The lowest BCUT2D eigenvalue weighted by Crippen LogP contribution is -2.37. The van der Waals surface area contributed by atoms with E-state index in [0.29, 0.717) is 12.4 Å². The van der Waals surface area contributed by atoms with Gasteiger partial charge in [-0.3, -0.25) is 0 Å². The monoisotopic (exact) mass is 232 g/mol. The minimum Gasteiger partial charge on any atom is -0.332 e. The number of nitrogens with zero attached hydrogens (tertiary/aromatic N) is 1. The van der Waals surface area contributed by atoms with Gasteiger partial charge in [-0.1, -0.05) is 0 Å². The van der Waals surface area contributed by atoms with Gasteiger partial charge in [0.25, 0.3) is 10.0 Å². The van der Waals surface area contributed by atoms with E-state index in [1.165, 1.54) is 6.20 Å². The molecule has 0 aliphatic rings. The van der Waals surface area contributed by atoms with Gasteiger partial charge in [-0.05, 0) is 20.9 Å². The summed E-state index contributed by atoms with van der Waals surface area (Å²) in [6.45, 7) is 3.94. The third kappa shape index (κ3) is 3.29. The highest BCUT2D eigenvalue weighted by Crippen LogP contribution is 2.04. The highest BCUT2D eigenvalue weighted by molar-refractivity contribution is 7.89. The third-order valence-corrected chi connectivity index (χ3v) is 3.37. The zero-order valence-electron chi connectivity index (χ0n) is 9.03. The molecule has 1 heterocycles. The van der Waals surface area contributed by atoms with E-state index >= 15 is 0 Å². The summed E-state index contributed by atoms with van der Waals surface area (Å²) in [6, 6.07) is 0.0868. The number of aromatic nitrogens is 2. The Balaban J connectivity index is 2.68. The Hall–Kier alpha value is -0.920. The molecule has 0 saturated heterocycles. The van der Waals surface area contributed by atoms with Crippen LogP contribution in [0.2, 0.25) is 0 Å². The highest BCUT2D eigenvalue weighted by Gasteiger charge is 2.16. The van der Waals surface area contributed by atoms with Crippen LogP contribution in [0.3, 0.4) is 0 Å². The van der Waals surface area contributed by atoms with Crippen molar-refractivity contribution in [2.45, 2.75) is 24.9 Å². The summed E-state index contributed by atoms with van der Waals surface area (Å²) in [4.78, 5) is 6.52. The molecule has 0 bridgehead atoms. The summed E-state index contributed by atoms with van der Waals surface area (Å²) in [5.41, 5.74) is 0.